The second kappa shape index (κ2) is 6.63. The van der Waals surface area contributed by atoms with Gasteiger partial charge in [-0.3, -0.25) is 14.8 Å². The Balaban J connectivity index is 1.39. The largest absolute Gasteiger partial charge is 0.311 e. The number of para-hydroxylation sites is 1. The summed E-state index contributed by atoms with van der Waals surface area (Å²) in [4.78, 5) is 22.2. The van der Waals surface area contributed by atoms with E-state index in [-0.39, 0.29) is 17.5 Å². The van der Waals surface area contributed by atoms with E-state index in [1.807, 2.05) is 53.2 Å². The van der Waals surface area contributed by atoms with E-state index in [0.29, 0.717) is 0 Å². The van der Waals surface area contributed by atoms with Crippen LogP contribution < -0.4 is 5.56 Å². The van der Waals surface area contributed by atoms with Crippen LogP contribution in [-0.4, -0.2) is 14.5 Å². The molecule has 144 valence electrons. The second-order valence-electron chi connectivity index (χ2n) is 7.87. The lowest BCUT2D eigenvalue weighted by molar-refractivity contribution is 0.688. The van der Waals surface area contributed by atoms with Crippen LogP contribution in [0.2, 0.25) is 0 Å². The van der Waals surface area contributed by atoms with E-state index < -0.39 is 0 Å². The summed E-state index contributed by atoms with van der Waals surface area (Å²) in [6.45, 7) is 0. The number of hydrogen-bond acceptors (Lipinski definition) is 3. The average molecular weight is 389 g/mol. The molecular weight excluding hydrogens is 370 g/mol. The van der Waals surface area contributed by atoms with Gasteiger partial charge in [-0.1, -0.05) is 36.4 Å². The number of benzene rings is 2. The smallest absolute Gasteiger partial charge is 0.258 e. The molecule has 4 heteroatoms. The standard InChI is InChI=1S/C26H19N3O/c30-26-21-6-3-5-19(17-10-13-27-14-11-17)20(21)12-15-29(26)25-16-22(25)24-9-8-18-4-1-2-7-23(18)28-24/h1-15,22,25H,16H2/t22-,25-/m1/s1. The zero-order chi connectivity index (χ0) is 20.1. The molecule has 5 aromatic rings. The summed E-state index contributed by atoms with van der Waals surface area (Å²) < 4.78 is 1.89. The highest BCUT2D eigenvalue weighted by molar-refractivity contribution is 5.96. The van der Waals surface area contributed by atoms with Crippen LogP contribution in [0.3, 0.4) is 0 Å². The van der Waals surface area contributed by atoms with Gasteiger partial charge in [0.25, 0.3) is 5.56 Å². The third kappa shape index (κ3) is 2.72. The molecule has 1 aliphatic carbocycles. The molecule has 0 unspecified atom stereocenters. The Kier molecular flexibility index (Phi) is 3.78. The van der Waals surface area contributed by atoms with Gasteiger partial charge in [0.1, 0.15) is 0 Å². The first-order valence-electron chi connectivity index (χ1n) is 10.2. The normalized spacial score (nSPS) is 18.0. The molecule has 0 N–H and O–H groups in total. The van der Waals surface area contributed by atoms with Crippen LogP contribution in [0.4, 0.5) is 0 Å². The van der Waals surface area contributed by atoms with Crippen molar-refractivity contribution in [2.75, 3.05) is 0 Å². The molecule has 1 saturated carbocycles. The van der Waals surface area contributed by atoms with Gasteiger partial charge in [-0.2, -0.15) is 0 Å². The summed E-state index contributed by atoms with van der Waals surface area (Å²) in [5, 5.41) is 2.87. The monoisotopic (exact) mass is 389 g/mol. The van der Waals surface area contributed by atoms with Gasteiger partial charge in [-0.05, 0) is 59.3 Å². The molecule has 30 heavy (non-hydrogen) atoms. The molecule has 2 atom stereocenters. The Hall–Kier alpha value is -3.79. The molecule has 0 radical (unpaired) electrons. The van der Waals surface area contributed by atoms with Crippen LogP contribution >= 0.6 is 0 Å². The maximum Gasteiger partial charge on any atom is 0.258 e. The number of pyridine rings is 3. The molecule has 0 saturated heterocycles. The number of hydrogen-bond donors (Lipinski definition) is 0. The summed E-state index contributed by atoms with van der Waals surface area (Å²) >= 11 is 0. The highest BCUT2D eigenvalue weighted by Gasteiger charge is 2.41. The molecule has 1 fully saturated rings. The summed E-state index contributed by atoms with van der Waals surface area (Å²) in [6, 6.07) is 24.5. The topological polar surface area (TPSA) is 47.8 Å². The molecule has 0 bridgehead atoms. The van der Waals surface area contributed by atoms with Crippen molar-refractivity contribution >= 4 is 21.7 Å². The third-order valence-electron chi connectivity index (χ3n) is 6.08. The molecule has 1 aliphatic rings. The fourth-order valence-electron chi connectivity index (χ4n) is 4.43. The van der Waals surface area contributed by atoms with Gasteiger partial charge in [0.15, 0.2) is 0 Å². The van der Waals surface area contributed by atoms with E-state index in [2.05, 4.69) is 35.3 Å². The molecule has 0 amide bonds. The van der Waals surface area contributed by atoms with Crippen molar-refractivity contribution in [3.8, 4) is 11.1 Å². The fourth-order valence-corrected chi connectivity index (χ4v) is 4.43. The quantitative estimate of drug-likeness (QED) is 0.418. The minimum Gasteiger partial charge on any atom is -0.311 e. The van der Waals surface area contributed by atoms with E-state index in [9.17, 15) is 4.79 Å². The van der Waals surface area contributed by atoms with Crippen LogP contribution in [0.25, 0.3) is 32.8 Å². The number of rotatable bonds is 3. The van der Waals surface area contributed by atoms with Crippen molar-refractivity contribution in [3.63, 3.8) is 0 Å². The Labute approximate surface area is 173 Å². The van der Waals surface area contributed by atoms with Crippen LogP contribution in [0.5, 0.6) is 0 Å². The Morgan fingerprint density at radius 3 is 2.60 bits per heavy atom. The first-order chi connectivity index (χ1) is 14.8. The minimum atomic E-state index is 0.0664. The van der Waals surface area contributed by atoms with Gasteiger partial charge in [-0.15, -0.1) is 0 Å². The Bertz CT molecular complexity index is 1460. The predicted octanol–water partition coefficient (Wildman–Crippen LogP) is 5.34. The first kappa shape index (κ1) is 17.1. The van der Waals surface area contributed by atoms with Crippen molar-refractivity contribution in [2.45, 2.75) is 18.4 Å². The van der Waals surface area contributed by atoms with Gasteiger partial charge < -0.3 is 4.57 Å². The summed E-state index contributed by atoms with van der Waals surface area (Å²) in [5.74, 6) is 0.285. The number of aromatic nitrogens is 3. The zero-order valence-corrected chi connectivity index (χ0v) is 16.3. The molecule has 3 aromatic heterocycles. The molecule has 6 rings (SSSR count). The van der Waals surface area contributed by atoms with Crippen molar-refractivity contribution in [2.24, 2.45) is 0 Å². The van der Waals surface area contributed by atoms with E-state index in [4.69, 9.17) is 4.98 Å². The van der Waals surface area contributed by atoms with E-state index >= 15 is 0 Å². The summed E-state index contributed by atoms with van der Waals surface area (Å²) in [6.07, 6.45) is 6.45. The predicted molar refractivity (Wildman–Crippen MR) is 120 cm³/mol. The van der Waals surface area contributed by atoms with Crippen molar-refractivity contribution in [3.05, 3.63) is 107 Å². The van der Waals surface area contributed by atoms with E-state index in [1.165, 1.54) is 0 Å². The van der Waals surface area contributed by atoms with Crippen molar-refractivity contribution < 1.29 is 0 Å². The van der Waals surface area contributed by atoms with Crippen LogP contribution in [0.15, 0.2) is 96.2 Å². The Morgan fingerprint density at radius 1 is 0.833 bits per heavy atom. The van der Waals surface area contributed by atoms with Gasteiger partial charge >= 0.3 is 0 Å². The fraction of sp³-hybridized carbons (Fsp3) is 0.115. The van der Waals surface area contributed by atoms with Gasteiger partial charge in [0.2, 0.25) is 0 Å². The summed E-state index contributed by atoms with van der Waals surface area (Å²) in [7, 11) is 0. The molecule has 0 spiro atoms. The van der Waals surface area contributed by atoms with Crippen LogP contribution in [0.1, 0.15) is 24.1 Å². The van der Waals surface area contributed by atoms with Gasteiger partial charge in [0, 0.05) is 47.0 Å². The van der Waals surface area contributed by atoms with Gasteiger partial charge in [-0.25, -0.2) is 0 Å². The lowest BCUT2D eigenvalue weighted by atomic mass is 10.0. The highest BCUT2D eigenvalue weighted by Crippen LogP contribution is 2.50. The maximum absolute atomic E-state index is 13.3. The Morgan fingerprint density at radius 2 is 1.70 bits per heavy atom. The highest BCUT2D eigenvalue weighted by atomic mass is 16.1. The van der Waals surface area contributed by atoms with Crippen molar-refractivity contribution in [1.82, 2.24) is 14.5 Å². The van der Waals surface area contributed by atoms with Crippen molar-refractivity contribution in [1.29, 1.82) is 0 Å². The molecular formula is C26H19N3O. The van der Waals surface area contributed by atoms with E-state index in [0.717, 1.165) is 44.9 Å². The van der Waals surface area contributed by atoms with Gasteiger partial charge in [0.05, 0.1) is 5.52 Å². The zero-order valence-electron chi connectivity index (χ0n) is 16.3. The maximum atomic E-state index is 13.3. The van der Waals surface area contributed by atoms with E-state index in [1.54, 1.807) is 12.4 Å². The second-order valence-corrected chi connectivity index (χ2v) is 7.87. The first-order valence-corrected chi connectivity index (χ1v) is 10.2. The molecule has 0 aliphatic heterocycles. The number of fused-ring (bicyclic) bond motifs is 2. The summed E-state index contributed by atoms with van der Waals surface area (Å²) in [5.41, 5.74) is 4.27. The third-order valence-corrected chi connectivity index (χ3v) is 6.08. The molecule has 3 heterocycles. The van der Waals surface area contributed by atoms with Crippen LogP contribution in [0, 0.1) is 0 Å². The molecule has 4 nitrogen and oxygen atoms in total. The lowest BCUT2D eigenvalue weighted by Gasteiger charge is -2.10. The molecule has 2 aromatic carbocycles. The minimum absolute atomic E-state index is 0.0664. The SMILES string of the molecule is O=c1c2cccc(-c3ccncc3)c2ccn1[C@@H]1C[C@@H]1c1ccc2ccccc2n1. The lowest BCUT2D eigenvalue weighted by Crippen LogP contribution is -2.19. The average Bonchev–Trinajstić information content (AvgIpc) is 3.60. The van der Waals surface area contributed by atoms with Crippen LogP contribution in [-0.2, 0) is 0 Å². The number of nitrogens with zero attached hydrogens (tertiary/aromatic N) is 3.